The summed E-state index contributed by atoms with van der Waals surface area (Å²) in [6.45, 7) is 0. The van der Waals surface area contributed by atoms with Gasteiger partial charge in [-0.05, 0) is 6.07 Å². The number of fused-ring (bicyclic) bond motifs is 1. The average Bonchev–Trinajstić information content (AvgIpc) is 2.67. The van der Waals surface area contributed by atoms with E-state index in [0.717, 1.165) is 12.1 Å². The fourth-order valence-electron chi connectivity index (χ4n) is 1.62. The fraction of sp³-hybridized carbons (Fsp3) is 0. The van der Waals surface area contributed by atoms with Crippen LogP contribution in [0.5, 0.6) is 0 Å². The molecule has 94 valence electrons. The Morgan fingerprint density at radius 2 is 2.11 bits per heavy atom. The number of ether oxygens (including phenoxy) is 1. The third-order valence-corrected chi connectivity index (χ3v) is 2.46. The van der Waals surface area contributed by atoms with E-state index in [2.05, 4.69) is 0 Å². The number of nitriles is 1. The van der Waals surface area contributed by atoms with Crippen LogP contribution in [0.1, 0.15) is 15.9 Å². The molecule has 8 nitrogen and oxygen atoms in total. The summed E-state index contributed by atoms with van der Waals surface area (Å²) in [6, 6.07) is 4.88. The second-order valence-corrected chi connectivity index (χ2v) is 3.56. The number of amides is 1. The molecule has 0 aliphatic carbocycles. The second kappa shape index (κ2) is 4.23. The van der Waals surface area contributed by atoms with Crippen molar-refractivity contribution in [3.05, 3.63) is 45.0 Å². The predicted molar refractivity (Wildman–Crippen MR) is 60.2 cm³/mol. The first-order chi connectivity index (χ1) is 8.95. The Hall–Kier alpha value is -3.21. The zero-order valence-electron chi connectivity index (χ0n) is 9.25. The fourth-order valence-corrected chi connectivity index (χ4v) is 1.62. The molecular formula is C11H5N3O5. The van der Waals surface area contributed by atoms with E-state index in [-0.39, 0.29) is 22.6 Å². The Bertz CT molecular complexity index is 699. The van der Waals surface area contributed by atoms with Crippen molar-refractivity contribution in [3.63, 3.8) is 0 Å². The number of nitro benzene ring substituents is 1. The normalized spacial score (nSPS) is 15.2. The number of non-ortho nitro benzene ring substituents is 1. The van der Waals surface area contributed by atoms with Gasteiger partial charge in [-0.25, -0.2) is 4.79 Å². The molecule has 0 aromatic heterocycles. The number of primary amides is 1. The van der Waals surface area contributed by atoms with E-state index in [0.29, 0.717) is 0 Å². The van der Waals surface area contributed by atoms with Crippen LogP contribution in [0.15, 0.2) is 23.8 Å². The highest BCUT2D eigenvalue weighted by molar-refractivity contribution is 6.11. The maximum atomic E-state index is 11.5. The van der Waals surface area contributed by atoms with E-state index in [4.69, 9.17) is 15.7 Å². The molecule has 1 aliphatic heterocycles. The molecule has 0 unspecified atom stereocenters. The maximum Gasteiger partial charge on any atom is 0.344 e. The summed E-state index contributed by atoms with van der Waals surface area (Å²) in [4.78, 5) is 32.6. The lowest BCUT2D eigenvalue weighted by Crippen LogP contribution is -2.14. The van der Waals surface area contributed by atoms with Crippen molar-refractivity contribution in [2.24, 2.45) is 5.73 Å². The number of carbonyl (C=O) groups is 2. The van der Waals surface area contributed by atoms with Crippen molar-refractivity contribution < 1.29 is 19.2 Å². The Morgan fingerprint density at radius 1 is 1.42 bits per heavy atom. The van der Waals surface area contributed by atoms with Gasteiger partial charge in [-0.15, -0.1) is 0 Å². The molecule has 0 radical (unpaired) electrons. The Kier molecular flexibility index (Phi) is 2.73. The molecule has 1 aromatic carbocycles. The van der Waals surface area contributed by atoms with Crippen LogP contribution in [0, 0.1) is 21.4 Å². The molecular weight excluding hydrogens is 254 g/mol. The van der Waals surface area contributed by atoms with Crippen LogP contribution in [-0.2, 0) is 9.53 Å². The molecule has 1 aliphatic rings. The van der Waals surface area contributed by atoms with Gasteiger partial charge in [0.2, 0.25) is 0 Å². The highest BCUT2D eigenvalue weighted by Gasteiger charge is 2.32. The summed E-state index contributed by atoms with van der Waals surface area (Å²) < 4.78 is 4.78. The molecule has 1 aromatic rings. The molecule has 0 fully saturated rings. The van der Waals surface area contributed by atoms with Crippen molar-refractivity contribution in [1.82, 2.24) is 0 Å². The van der Waals surface area contributed by atoms with Gasteiger partial charge < -0.3 is 10.5 Å². The Balaban J connectivity index is 2.73. The van der Waals surface area contributed by atoms with Crippen LogP contribution in [-0.4, -0.2) is 16.8 Å². The summed E-state index contributed by atoms with van der Waals surface area (Å²) in [5.41, 5.74) is 4.17. The van der Waals surface area contributed by atoms with Crippen molar-refractivity contribution in [3.8, 4) is 6.07 Å². The van der Waals surface area contributed by atoms with Crippen LogP contribution >= 0.6 is 0 Å². The number of nitrogens with two attached hydrogens (primary N) is 1. The number of hydrogen-bond donors (Lipinski definition) is 1. The molecule has 0 spiro atoms. The summed E-state index contributed by atoms with van der Waals surface area (Å²) in [5.74, 6) is -2.22. The third kappa shape index (κ3) is 1.89. The van der Waals surface area contributed by atoms with Gasteiger partial charge in [-0.2, -0.15) is 5.26 Å². The smallest absolute Gasteiger partial charge is 0.344 e. The number of hydrogen-bond acceptors (Lipinski definition) is 6. The van der Waals surface area contributed by atoms with Crippen molar-refractivity contribution in [1.29, 1.82) is 5.26 Å². The van der Waals surface area contributed by atoms with Gasteiger partial charge in [-0.1, -0.05) is 0 Å². The first-order valence-electron chi connectivity index (χ1n) is 4.91. The monoisotopic (exact) mass is 259 g/mol. The summed E-state index contributed by atoms with van der Waals surface area (Å²) in [7, 11) is 0. The largest absolute Gasteiger partial charge is 0.421 e. The highest BCUT2D eigenvalue weighted by Crippen LogP contribution is 2.34. The van der Waals surface area contributed by atoms with Gasteiger partial charge >= 0.3 is 5.97 Å². The Morgan fingerprint density at radius 3 is 2.63 bits per heavy atom. The van der Waals surface area contributed by atoms with Crippen molar-refractivity contribution in [2.75, 3.05) is 0 Å². The number of benzene rings is 1. The van der Waals surface area contributed by atoms with E-state index in [1.54, 1.807) is 0 Å². The molecule has 2 N–H and O–H groups in total. The van der Waals surface area contributed by atoms with Gasteiger partial charge in [0.1, 0.15) is 6.07 Å². The molecule has 2 rings (SSSR count). The van der Waals surface area contributed by atoms with E-state index in [1.807, 2.05) is 0 Å². The minimum absolute atomic E-state index is 0.00884. The molecule has 0 saturated heterocycles. The molecule has 0 saturated carbocycles. The van der Waals surface area contributed by atoms with Gasteiger partial charge in [0.25, 0.3) is 11.6 Å². The molecule has 0 atom stereocenters. The quantitative estimate of drug-likeness (QED) is 0.269. The third-order valence-electron chi connectivity index (χ3n) is 2.46. The molecule has 0 bridgehead atoms. The first kappa shape index (κ1) is 12.3. The van der Waals surface area contributed by atoms with Crippen LogP contribution in [0.4, 0.5) is 5.69 Å². The second-order valence-electron chi connectivity index (χ2n) is 3.56. The topological polar surface area (TPSA) is 136 Å². The van der Waals surface area contributed by atoms with Gasteiger partial charge in [0, 0.05) is 17.7 Å². The van der Waals surface area contributed by atoms with Crippen molar-refractivity contribution >= 4 is 23.3 Å². The molecule has 1 amide bonds. The summed E-state index contributed by atoms with van der Waals surface area (Å²) in [6.07, 6.45) is 0. The number of esters is 1. The predicted octanol–water partition coefficient (Wildman–Crippen LogP) is 0.485. The zero-order chi connectivity index (χ0) is 14.2. The van der Waals surface area contributed by atoms with E-state index in [1.165, 1.54) is 12.1 Å². The lowest BCUT2D eigenvalue weighted by atomic mass is 10.0. The number of rotatable bonds is 2. The van der Waals surface area contributed by atoms with E-state index >= 15 is 0 Å². The highest BCUT2D eigenvalue weighted by atomic mass is 16.6. The molecule has 8 heteroatoms. The summed E-state index contributed by atoms with van der Waals surface area (Å²) >= 11 is 0. The number of carbonyl (C=O) groups excluding carboxylic acids is 2. The lowest BCUT2D eigenvalue weighted by Gasteiger charge is -2.00. The maximum absolute atomic E-state index is 11.5. The van der Waals surface area contributed by atoms with E-state index in [9.17, 15) is 19.7 Å². The van der Waals surface area contributed by atoms with Gasteiger partial charge in [0.15, 0.2) is 11.3 Å². The van der Waals surface area contributed by atoms with Crippen LogP contribution < -0.4 is 5.73 Å². The molecule has 19 heavy (non-hydrogen) atoms. The number of nitrogens with zero attached hydrogens (tertiary/aromatic N) is 2. The number of cyclic esters (lactones) is 1. The van der Waals surface area contributed by atoms with Crippen LogP contribution in [0.3, 0.4) is 0 Å². The standard InChI is InChI=1S/C11H5N3O5/c12-4-8(10(13)15)9-7-3-5(14(17)18)1-2-6(7)11(16)19-9/h1-3H,(H2,13,15)/b9-8-. The van der Waals surface area contributed by atoms with Crippen molar-refractivity contribution in [2.45, 2.75) is 0 Å². The molecule has 1 heterocycles. The minimum Gasteiger partial charge on any atom is -0.421 e. The Labute approximate surface area is 105 Å². The first-order valence-corrected chi connectivity index (χ1v) is 4.91. The number of nitro groups is 1. The van der Waals surface area contributed by atoms with Crippen LogP contribution in [0.25, 0.3) is 5.76 Å². The minimum atomic E-state index is -1.08. The SMILES string of the molecule is N#C/C(C(N)=O)=C1/OC(=O)c2ccc([N+](=O)[O-])cc21. The van der Waals surface area contributed by atoms with Crippen LogP contribution in [0.2, 0.25) is 0 Å². The lowest BCUT2D eigenvalue weighted by molar-refractivity contribution is -0.384. The van der Waals surface area contributed by atoms with Gasteiger partial charge in [0.05, 0.1) is 10.5 Å². The van der Waals surface area contributed by atoms with Gasteiger partial charge in [-0.3, -0.25) is 14.9 Å². The zero-order valence-corrected chi connectivity index (χ0v) is 9.25. The average molecular weight is 259 g/mol. The van der Waals surface area contributed by atoms with E-state index < -0.39 is 22.4 Å². The summed E-state index contributed by atoms with van der Waals surface area (Å²) in [5, 5.41) is 19.5.